The summed E-state index contributed by atoms with van der Waals surface area (Å²) in [5.74, 6) is 0. The van der Waals surface area contributed by atoms with Gasteiger partial charge in [-0.05, 0) is 37.6 Å². The molecule has 0 heterocycles. The molecule has 0 aliphatic heterocycles. The second-order valence-corrected chi connectivity index (χ2v) is 5.18. The summed E-state index contributed by atoms with van der Waals surface area (Å²) in [6.07, 6.45) is 7.73. The normalized spacial score (nSPS) is 21.6. The molecule has 2 nitrogen and oxygen atoms in total. The summed E-state index contributed by atoms with van der Waals surface area (Å²) in [6.45, 7) is 6.86. The van der Waals surface area contributed by atoms with E-state index >= 15 is 0 Å². The van der Waals surface area contributed by atoms with Crippen LogP contribution in [0.5, 0.6) is 0 Å². The molecular weight excluding hydrogens is 172 g/mol. The molecule has 0 amide bonds. The topological polar surface area (TPSA) is 38.0 Å². The minimum absolute atomic E-state index is 0.404. The second-order valence-electron chi connectivity index (χ2n) is 5.18. The van der Waals surface area contributed by atoms with E-state index in [0.29, 0.717) is 11.5 Å². The van der Waals surface area contributed by atoms with Gasteiger partial charge in [-0.2, -0.15) is 0 Å². The molecule has 2 heteroatoms. The molecule has 1 aliphatic carbocycles. The van der Waals surface area contributed by atoms with Gasteiger partial charge in [-0.3, -0.25) is 0 Å². The Morgan fingerprint density at radius 1 is 1.36 bits per heavy atom. The van der Waals surface area contributed by atoms with E-state index in [2.05, 4.69) is 19.2 Å². The monoisotopic (exact) mass is 198 g/mol. The van der Waals surface area contributed by atoms with Gasteiger partial charge in [0.15, 0.2) is 0 Å². The maximum atomic E-state index is 5.94. The van der Waals surface area contributed by atoms with E-state index in [1.54, 1.807) is 0 Å². The SMILES string of the molecule is CCCC(N)CCNCC1(C)CCC1. The average Bonchev–Trinajstić information content (AvgIpc) is 2.10. The van der Waals surface area contributed by atoms with E-state index in [9.17, 15) is 0 Å². The van der Waals surface area contributed by atoms with Crippen LogP contribution in [0.2, 0.25) is 0 Å². The molecule has 14 heavy (non-hydrogen) atoms. The molecule has 0 bridgehead atoms. The van der Waals surface area contributed by atoms with Gasteiger partial charge in [0.05, 0.1) is 0 Å². The predicted molar refractivity (Wildman–Crippen MR) is 62.3 cm³/mol. The van der Waals surface area contributed by atoms with Gasteiger partial charge in [0, 0.05) is 12.6 Å². The Balaban J connectivity index is 1.93. The average molecular weight is 198 g/mol. The number of hydrogen-bond acceptors (Lipinski definition) is 2. The van der Waals surface area contributed by atoms with Crippen LogP contribution in [-0.4, -0.2) is 19.1 Å². The van der Waals surface area contributed by atoms with Gasteiger partial charge in [0.2, 0.25) is 0 Å². The zero-order chi connectivity index (χ0) is 10.4. The third kappa shape index (κ3) is 3.97. The number of nitrogens with two attached hydrogens (primary N) is 1. The lowest BCUT2D eigenvalue weighted by Crippen LogP contribution is -2.38. The Morgan fingerprint density at radius 2 is 2.07 bits per heavy atom. The van der Waals surface area contributed by atoms with Crippen molar-refractivity contribution >= 4 is 0 Å². The van der Waals surface area contributed by atoms with E-state index < -0.39 is 0 Å². The molecule has 0 radical (unpaired) electrons. The van der Waals surface area contributed by atoms with Crippen molar-refractivity contribution in [3.8, 4) is 0 Å². The minimum Gasteiger partial charge on any atom is -0.328 e. The molecule has 1 atom stereocenters. The molecule has 1 fully saturated rings. The van der Waals surface area contributed by atoms with E-state index in [1.807, 2.05) is 0 Å². The van der Waals surface area contributed by atoms with Crippen LogP contribution < -0.4 is 11.1 Å². The van der Waals surface area contributed by atoms with Gasteiger partial charge in [-0.1, -0.05) is 26.7 Å². The first-order chi connectivity index (χ1) is 6.66. The highest BCUT2D eigenvalue weighted by Gasteiger charge is 2.30. The molecule has 0 saturated heterocycles. The van der Waals surface area contributed by atoms with E-state index in [1.165, 1.54) is 38.6 Å². The van der Waals surface area contributed by atoms with Crippen molar-refractivity contribution in [2.45, 2.75) is 58.4 Å². The molecule has 84 valence electrons. The molecule has 1 saturated carbocycles. The maximum absolute atomic E-state index is 5.94. The van der Waals surface area contributed by atoms with Gasteiger partial charge in [-0.25, -0.2) is 0 Å². The molecule has 0 aromatic carbocycles. The standard InChI is InChI=1S/C12H26N2/c1-3-5-11(13)6-9-14-10-12(2)7-4-8-12/h11,14H,3-10,13H2,1-2H3. The minimum atomic E-state index is 0.404. The first kappa shape index (κ1) is 12.0. The fourth-order valence-corrected chi connectivity index (χ4v) is 2.15. The van der Waals surface area contributed by atoms with Crippen molar-refractivity contribution in [1.29, 1.82) is 0 Å². The lowest BCUT2D eigenvalue weighted by Gasteiger charge is -2.38. The van der Waals surface area contributed by atoms with Gasteiger partial charge in [0.25, 0.3) is 0 Å². The first-order valence-corrected chi connectivity index (χ1v) is 6.12. The quantitative estimate of drug-likeness (QED) is 0.616. The molecule has 1 unspecified atom stereocenters. The van der Waals surface area contributed by atoms with Crippen LogP contribution in [0.15, 0.2) is 0 Å². The van der Waals surface area contributed by atoms with E-state index in [4.69, 9.17) is 5.73 Å². The summed E-state index contributed by atoms with van der Waals surface area (Å²) in [5.41, 5.74) is 6.55. The van der Waals surface area contributed by atoms with Crippen LogP contribution in [0.3, 0.4) is 0 Å². The van der Waals surface area contributed by atoms with Gasteiger partial charge in [0.1, 0.15) is 0 Å². The first-order valence-electron chi connectivity index (χ1n) is 6.12. The third-order valence-corrected chi connectivity index (χ3v) is 3.46. The highest BCUT2D eigenvalue weighted by atomic mass is 14.9. The van der Waals surface area contributed by atoms with E-state index in [-0.39, 0.29) is 0 Å². The van der Waals surface area contributed by atoms with Crippen LogP contribution >= 0.6 is 0 Å². The van der Waals surface area contributed by atoms with Gasteiger partial charge < -0.3 is 11.1 Å². The summed E-state index contributed by atoms with van der Waals surface area (Å²) < 4.78 is 0. The molecule has 0 aromatic rings. The number of nitrogens with one attached hydrogen (secondary N) is 1. The van der Waals surface area contributed by atoms with Gasteiger partial charge >= 0.3 is 0 Å². The molecule has 1 aliphatic rings. The summed E-state index contributed by atoms with van der Waals surface area (Å²) in [5, 5.41) is 3.54. The molecular formula is C12H26N2. The Morgan fingerprint density at radius 3 is 2.57 bits per heavy atom. The number of hydrogen-bond donors (Lipinski definition) is 2. The predicted octanol–water partition coefficient (Wildman–Crippen LogP) is 2.28. The molecule has 0 aromatic heterocycles. The second kappa shape index (κ2) is 5.72. The highest BCUT2D eigenvalue weighted by molar-refractivity contribution is 4.85. The summed E-state index contributed by atoms with van der Waals surface area (Å²) in [7, 11) is 0. The molecule has 1 rings (SSSR count). The zero-order valence-electron chi connectivity index (χ0n) is 9.81. The lowest BCUT2D eigenvalue weighted by molar-refractivity contribution is 0.156. The van der Waals surface area contributed by atoms with Gasteiger partial charge in [-0.15, -0.1) is 0 Å². The Labute approximate surface area is 88.6 Å². The smallest absolute Gasteiger partial charge is 0.00508 e. The van der Waals surface area contributed by atoms with Crippen molar-refractivity contribution < 1.29 is 0 Å². The summed E-state index contributed by atoms with van der Waals surface area (Å²) in [6, 6.07) is 0.404. The van der Waals surface area contributed by atoms with Crippen LogP contribution in [-0.2, 0) is 0 Å². The Kier molecular flexibility index (Phi) is 4.90. The molecule has 0 spiro atoms. The third-order valence-electron chi connectivity index (χ3n) is 3.46. The van der Waals surface area contributed by atoms with E-state index in [0.717, 1.165) is 13.0 Å². The maximum Gasteiger partial charge on any atom is 0.00508 e. The van der Waals surface area contributed by atoms with Crippen molar-refractivity contribution in [2.24, 2.45) is 11.1 Å². The summed E-state index contributed by atoms with van der Waals surface area (Å²) >= 11 is 0. The zero-order valence-corrected chi connectivity index (χ0v) is 9.81. The van der Waals surface area contributed by atoms with Crippen molar-refractivity contribution in [3.63, 3.8) is 0 Å². The van der Waals surface area contributed by atoms with Crippen LogP contribution in [0.4, 0.5) is 0 Å². The Bertz CT molecular complexity index is 152. The fraction of sp³-hybridized carbons (Fsp3) is 1.00. The molecule has 3 N–H and O–H groups in total. The lowest BCUT2D eigenvalue weighted by atomic mass is 9.70. The summed E-state index contributed by atoms with van der Waals surface area (Å²) in [4.78, 5) is 0. The number of rotatable bonds is 7. The van der Waals surface area contributed by atoms with Crippen LogP contribution in [0, 0.1) is 5.41 Å². The van der Waals surface area contributed by atoms with Crippen molar-refractivity contribution in [3.05, 3.63) is 0 Å². The van der Waals surface area contributed by atoms with Crippen LogP contribution in [0.25, 0.3) is 0 Å². The fourth-order valence-electron chi connectivity index (χ4n) is 2.15. The largest absolute Gasteiger partial charge is 0.328 e. The van der Waals surface area contributed by atoms with Crippen molar-refractivity contribution in [2.75, 3.05) is 13.1 Å². The highest BCUT2D eigenvalue weighted by Crippen LogP contribution is 2.39. The Hall–Kier alpha value is -0.0800. The van der Waals surface area contributed by atoms with Crippen molar-refractivity contribution in [1.82, 2.24) is 5.32 Å². The van der Waals surface area contributed by atoms with Crippen LogP contribution in [0.1, 0.15) is 52.4 Å².